The van der Waals surface area contributed by atoms with Crippen molar-refractivity contribution >= 4 is 28.7 Å². The number of anilines is 3. The number of aromatic nitrogens is 4. The molecule has 182 valence electrons. The second-order valence-corrected chi connectivity index (χ2v) is 10.3. The number of imidazole rings is 1. The quantitative estimate of drug-likeness (QED) is 0.428. The Morgan fingerprint density at radius 3 is 2.56 bits per heavy atom. The van der Waals surface area contributed by atoms with Gasteiger partial charge in [0, 0.05) is 18.2 Å². The van der Waals surface area contributed by atoms with Gasteiger partial charge in [-0.2, -0.15) is 4.98 Å². The maximum atomic E-state index is 14.4. The molecule has 2 aliphatic carbocycles. The summed E-state index contributed by atoms with van der Waals surface area (Å²) in [6.45, 7) is 3.68. The van der Waals surface area contributed by atoms with Gasteiger partial charge in [-0.15, -0.1) is 0 Å². The summed E-state index contributed by atoms with van der Waals surface area (Å²) in [7, 11) is 0. The number of rotatable bonds is 6. The van der Waals surface area contributed by atoms with Crippen LogP contribution < -0.4 is 10.6 Å². The number of nitrogens with one attached hydrogen (secondary N) is 2. The van der Waals surface area contributed by atoms with Crippen molar-refractivity contribution in [2.45, 2.75) is 82.9 Å². The Labute approximate surface area is 198 Å². The molecule has 0 amide bonds. The van der Waals surface area contributed by atoms with Gasteiger partial charge in [0.25, 0.3) is 0 Å². The summed E-state index contributed by atoms with van der Waals surface area (Å²) in [4.78, 5) is 14.0. The molecule has 0 saturated heterocycles. The van der Waals surface area contributed by atoms with Crippen molar-refractivity contribution < 1.29 is 13.9 Å². The molecule has 2 fully saturated rings. The van der Waals surface area contributed by atoms with Gasteiger partial charge in [-0.05, 0) is 64.0 Å². The Kier molecular flexibility index (Phi) is 6.14. The molecule has 9 heteroatoms. The van der Waals surface area contributed by atoms with Gasteiger partial charge in [0.15, 0.2) is 5.65 Å². The number of fused-ring (bicyclic) bond motifs is 1. The Hall–Kier alpha value is -2.81. The van der Waals surface area contributed by atoms with Crippen molar-refractivity contribution in [2.75, 3.05) is 10.6 Å². The Balaban J connectivity index is 1.52. The minimum Gasteiger partial charge on any atom is -0.390 e. The number of benzene rings is 1. The second-order valence-electron chi connectivity index (χ2n) is 10.3. The zero-order valence-corrected chi connectivity index (χ0v) is 19.7. The van der Waals surface area contributed by atoms with Crippen LogP contribution in [-0.2, 0) is 0 Å². The van der Waals surface area contributed by atoms with E-state index < -0.39 is 17.2 Å². The maximum absolute atomic E-state index is 14.4. The van der Waals surface area contributed by atoms with Gasteiger partial charge < -0.3 is 15.7 Å². The van der Waals surface area contributed by atoms with Gasteiger partial charge in [0.2, 0.25) is 11.9 Å². The fourth-order valence-electron chi connectivity index (χ4n) is 5.37. The smallest absolute Gasteiger partial charge is 0.224 e. The molecule has 0 aliphatic heterocycles. The molecule has 1 aromatic carbocycles. The van der Waals surface area contributed by atoms with E-state index in [-0.39, 0.29) is 17.6 Å². The predicted octanol–water partition coefficient (Wildman–Crippen LogP) is 5.70. The average Bonchev–Trinajstić information content (AvgIpc) is 3.41. The van der Waals surface area contributed by atoms with Crippen molar-refractivity contribution in [1.82, 2.24) is 19.5 Å². The van der Waals surface area contributed by atoms with Gasteiger partial charge in [-0.1, -0.05) is 19.3 Å². The lowest BCUT2D eigenvalue weighted by Crippen LogP contribution is -2.29. The molecular weight excluding hydrogens is 438 g/mol. The molecule has 0 bridgehead atoms. The van der Waals surface area contributed by atoms with E-state index in [1.165, 1.54) is 31.4 Å². The van der Waals surface area contributed by atoms with E-state index >= 15 is 0 Å². The summed E-state index contributed by atoms with van der Waals surface area (Å²) in [5.74, 6) is -0.190. The molecule has 2 unspecified atom stereocenters. The second kappa shape index (κ2) is 9.09. The SMILES string of the molecule is CC(C)(O)C1CCC(n2c(Nc3ccc(F)cc3F)nc3cnc(NC4CCCCC4)nc32)C1. The van der Waals surface area contributed by atoms with Crippen molar-refractivity contribution in [3.05, 3.63) is 36.0 Å². The van der Waals surface area contributed by atoms with Gasteiger partial charge in [0.1, 0.15) is 17.2 Å². The summed E-state index contributed by atoms with van der Waals surface area (Å²) < 4.78 is 29.9. The lowest BCUT2D eigenvalue weighted by Gasteiger charge is -2.26. The highest BCUT2D eigenvalue weighted by molar-refractivity contribution is 5.76. The van der Waals surface area contributed by atoms with Crippen LogP contribution in [0.25, 0.3) is 11.2 Å². The van der Waals surface area contributed by atoms with Gasteiger partial charge in [-0.3, -0.25) is 4.57 Å². The predicted molar refractivity (Wildman–Crippen MR) is 128 cm³/mol. The van der Waals surface area contributed by atoms with E-state index in [2.05, 4.69) is 20.6 Å². The molecule has 2 atom stereocenters. The number of aliphatic hydroxyl groups is 1. The summed E-state index contributed by atoms with van der Waals surface area (Å²) in [5.41, 5.74) is 0.624. The van der Waals surface area contributed by atoms with Crippen LogP contribution in [0.15, 0.2) is 24.4 Å². The largest absolute Gasteiger partial charge is 0.390 e. The molecule has 2 saturated carbocycles. The van der Waals surface area contributed by atoms with Gasteiger partial charge >= 0.3 is 0 Å². The molecule has 0 spiro atoms. The van der Waals surface area contributed by atoms with Crippen LogP contribution in [-0.4, -0.2) is 36.3 Å². The number of nitrogens with zero attached hydrogens (tertiary/aromatic N) is 4. The van der Waals surface area contributed by atoms with Crippen LogP contribution in [0.2, 0.25) is 0 Å². The zero-order chi connectivity index (χ0) is 23.9. The topological polar surface area (TPSA) is 87.9 Å². The highest BCUT2D eigenvalue weighted by atomic mass is 19.1. The Bertz CT molecular complexity index is 1170. The summed E-state index contributed by atoms with van der Waals surface area (Å²) in [6.07, 6.45) is 10.0. The maximum Gasteiger partial charge on any atom is 0.224 e. The van der Waals surface area contributed by atoms with Crippen LogP contribution in [0, 0.1) is 17.6 Å². The lowest BCUT2D eigenvalue weighted by atomic mass is 9.89. The van der Waals surface area contributed by atoms with Crippen LogP contribution in [0.5, 0.6) is 0 Å². The molecule has 2 aliphatic rings. The Morgan fingerprint density at radius 2 is 1.85 bits per heavy atom. The fraction of sp³-hybridized carbons (Fsp3) is 0.560. The third-order valence-corrected chi connectivity index (χ3v) is 7.32. The molecule has 0 radical (unpaired) electrons. The zero-order valence-electron chi connectivity index (χ0n) is 19.7. The van der Waals surface area contributed by atoms with E-state index in [1.807, 2.05) is 18.4 Å². The lowest BCUT2D eigenvalue weighted by molar-refractivity contribution is 0.0186. The van der Waals surface area contributed by atoms with E-state index in [9.17, 15) is 13.9 Å². The van der Waals surface area contributed by atoms with E-state index in [1.54, 1.807) is 6.20 Å². The van der Waals surface area contributed by atoms with Crippen molar-refractivity contribution in [2.24, 2.45) is 5.92 Å². The minimum absolute atomic E-state index is 0.0323. The molecule has 3 N–H and O–H groups in total. The standard InChI is InChI=1S/C25H32F2N6O/c1-25(2,34)15-8-10-18(12-15)33-22-21(14-28-23(32-22)29-17-6-4-3-5-7-17)31-24(33)30-20-11-9-16(26)13-19(20)27/h9,11,13-15,17-18,34H,3-8,10,12H2,1-2H3,(H,30,31)(H,28,29,32). The van der Waals surface area contributed by atoms with Crippen molar-refractivity contribution in [1.29, 1.82) is 0 Å². The highest BCUT2D eigenvalue weighted by Gasteiger charge is 2.37. The van der Waals surface area contributed by atoms with Crippen molar-refractivity contribution in [3.63, 3.8) is 0 Å². The summed E-state index contributed by atoms with van der Waals surface area (Å²) in [6, 6.07) is 3.82. The molecule has 7 nitrogen and oxygen atoms in total. The van der Waals surface area contributed by atoms with Crippen LogP contribution in [0.1, 0.15) is 71.3 Å². The first-order valence-corrected chi connectivity index (χ1v) is 12.2. The first kappa shape index (κ1) is 23.0. The summed E-state index contributed by atoms with van der Waals surface area (Å²) >= 11 is 0. The first-order chi connectivity index (χ1) is 16.3. The fourth-order valence-corrected chi connectivity index (χ4v) is 5.37. The number of hydrogen-bond acceptors (Lipinski definition) is 6. The molecule has 3 aromatic rings. The number of halogens is 2. The monoisotopic (exact) mass is 470 g/mol. The third kappa shape index (κ3) is 4.71. The third-order valence-electron chi connectivity index (χ3n) is 7.32. The van der Waals surface area contributed by atoms with Crippen LogP contribution >= 0.6 is 0 Å². The van der Waals surface area contributed by atoms with Gasteiger partial charge in [-0.25, -0.2) is 18.7 Å². The van der Waals surface area contributed by atoms with E-state index in [4.69, 9.17) is 4.98 Å². The van der Waals surface area contributed by atoms with Crippen LogP contribution in [0.4, 0.5) is 26.4 Å². The van der Waals surface area contributed by atoms with Crippen LogP contribution in [0.3, 0.4) is 0 Å². The Morgan fingerprint density at radius 1 is 1.06 bits per heavy atom. The minimum atomic E-state index is -0.787. The number of hydrogen-bond donors (Lipinski definition) is 3. The molecular formula is C25H32F2N6O. The van der Waals surface area contributed by atoms with E-state index in [0.29, 0.717) is 29.1 Å². The normalized spacial score (nSPS) is 21.8. The average molecular weight is 471 g/mol. The van der Waals surface area contributed by atoms with E-state index in [0.717, 1.165) is 38.2 Å². The first-order valence-electron chi connectivity index (χ1n) is 12.2. The summed E-state index contributed by atoms with van der Waals surface area (Å²) in [5, 5.41) is 17.1. The highest BCUT2D eigenvalue weighted by Crippen LogP contribution is 2.43. The van der Waals surface area contributed by atoms with Gasteiger partial charge in [0.05, 0.1) is 17.5 Å². The van der Waals surface area contributed by atoms with Crippen molar-refractivity contribution in [3.8, 4) is 0 Å². The molecule has 2 aromatic heterocycles. The molecule has 5 rings (SSSR count). The molecule has 34 heavy (non-hydrogen) atoms. The molecule has 2 heterocycles.